The van der Waals surface area contributed by atoms with Gasteiger partial charge in [-0.15, -0.1) is 0 Å². The molecule has 2 heterocycles. The molecule has 0 aromatic heterocycles. The smallest absolute Gasteiger partial charge is 0.409 e. The Morgan fingerprint density at radius 1 is 1.26 bits per heavy atom. The molecular formula is C32H53NO9. The molecule has 1 fully saturated rings. The summed E-state index contributed by atoms with van der Waals surface area (Å²) in [5.74, 6) is -0.892. The fourth-order valence-electron chi connectivity index (χ4n) is 5.35. The van der Waals surface area contributed by atoms with E-state index in [-0.39, 0.29) is 55.3 Å². The minimum Gasteiger partial charge on any atom is -0.457 e. The first-order valence-corrected chi connectivity index (χ1v) is 15.0. The van der Waals surface area contributed by atoms with Gasteiger partial charge in [0.05, 0.1) is 30.8 Å². The van der Waals surface area contributed by atoms with E-state index < -0.39 is 42.1 Å². The predicted molar refractivity (Wildman–Crippen MR) is 160 cm³/mol. The lowest BCUT2D eigenvalue weighted by Crippen LogP contribution is -2.44. The molecule has 1 saturated heterocycles. The van der Waals surface area contributed by atoms with E-state index in [0.717, 1.165) is 12.0 Å². The lowest BCUT2D eigenvalue weighted by atomic mass is 9.88. The molecule has 0 saturated carbocycles. The topological polar surface area (TPSA) is 138 Å². The maximum atomic E-state index is 12.7. The number of amides is 1. The molecule has 0 aromatic carbocycles. The molecule has 0 spiro atoms. The number of aliphatic hydroxyl groups excluding tert-OH is 2. The van der Waals surface area contributed by atoms with E-state index >= 15 is 0 Å². The van der Waals surface area contributed by atoms with Gasteiger partial charge in [0, 0.05) is 39.0 Å². The van der Waals surface area contributed by atoms with Gasteiger partial charge in [0.2, 0.25) is 0 Å². The van der Waals surface area contributed by atoms with Gasteiger partial charge in [0.15, 0.2) is 6.10 Å². The molecule has 3 N–H and O–H groups in total. The Balaban J connectivity index is 2.19. The van der Waals surface area contributed by atoms with Gasteiger partial charge >= 0.3 is 12.1 Å². The molecule has 42 heavy (non-hydrogen) atoms. The molecule has 0 aromatic rings. The molecule has 240 valence electrons. The number of carbonyl (C=O) groups is 2. The number of epoxide rings is 1. The van der Waals surface area contributed by atoms with Crippen molar-refractivity contribution >= 4 is 12.1 Å². The van der Waals surface area contributed by atoms with Crippen LogP contribution in [-0.2, 0) is 23.7 Å². The highest BCUT2D eigenvalue weighted by Crippen LogP contribution is 2.37. The highest BCUT2D eigenvalue weighted by Gasteiger charge is 2.50. The van der Waals surface area contributed by atoms with Crippen molar-refractivity contribution in [1.82, 2.24) is 4.90 Å². The summed E-state index contributed by atoms with van der Waals surface area (Å²) in [5, 5.41) is 32.4. The number of allylic oxidation sites excluding steroid dienone is 2. The molecule has 0 bridgehead atoms. The second-order valence-corrected chi connectivity index (χ2v) is 12.4. The zero-order valence-corrected chi connectivity index (χ0v) is 26.7. The second kappa shape index (κ2) is 16.0. The van der Waals surface area contributed by atoms with E-state index in [1.54, 1.807) is 40.3 Å². The molecule has 2 rings (SSSR count). The molecule has 10 nitrogen and oxygen atoms in total. The largest absolute Gasteiger partial charge is 0.457 e. The number of esters is 1. The number of methoxy groups -OCH3 is 1. The first-order chi connectivity index (χ1) is 19.6. The Bertz CT molecular complexity index is 971. The first-order valence-electron chi connectivity index (χ1n) is 15.0. The van der Waals surface area contributed by atoms with Crippen molar-refractivity contribution in [3.8, 4) is 0 Å². The van der Waals surface area contributed by atoms with Crippen LogP contribution in [0.1, 0.15) is 67.2 Å². The van der Waals surface area contributed by atoms with Crippen molar-refractivity contribution in [2.24, 2.45) is 17.8 Å². The van der Waals surface area contributed by atoms with Crippen LogP contribution in [0.5, 0.6) is 0 Å². The highest BCUT2D eigenvalue weighted by molar-refractivity contribution is 5.70. The summed E-state index contributed by atoms with van der Waals surface area (Å²) in [6.45, 7) is 11.3. The zero-order valence-electron chi connectivity index (χ0n) is 26.7. The molecule has 2 aliphatic rings. The number of ether oxygens (including phenoxy) is 4. The fraction of sp³-hybridized carbons (Fsp3) is 0.750. The number of rotatable bonds is 10. The Morgan fingerprint density at radius 3 is 2.52 bits per heavy atom. The number of hydrogen-bond acceptors (Lipinski definition) is 9. The monoisotopic (exact) mass is 595 g/mol. The number of nitrogens with zero attached hydrogens (tertiary/aromatic N) is 1. The molecule has 10 heteroatoms. The SMILES string of the molecule is CCC(OC)C(C)C1OC1C(O)C(C)/C=C/C=C(\C)C1OC(=O)CC(O)CCC(C)(O)C(OC(=O)N(C)C)/C=C/C1C. The quantitative estimate of drug-likeness (QED) is 0.149. The highest BCUT2D eigenvalue weighted by atomic mass is 16.6. The van der Waals surface area contributed by atoms with E-state index in [0.29, 0.717) is 0 Å². The summed E-state index contributed by atoms with van der Waals surface area (Å²) in [5.41, 5.74) is -0.714. The van der Waals surface area contributed by atoms with Crippen LogP contribution in [-0.4, -0.2) is 102 Å². The van der Waals surface area contributed by atoms with Crippen molar-refractivity contribution < 1.29 is 43.9 Å². The molecule has 2 aliphatic heterocycles. The average molecular weight is 596 g/mol. The van der Waals surface area contributed by atoms with Crippen molar-refractivity contribution in [3.63, 3.8) is 0 Å². The summed E-state index contributed by atoms with van der Waals surface area (Å²) < 4.78 is 22.7. The lowest BCUT2D eigenvalue weighted by Gasteiger charge is -2.33. The van der Waals surface area contributed by atoms with Crippen molar-refractivity contribution in [1.29, 1.82) is 0 Å². The van der Waals surface area contributed by atoms with E-state index in [1.165, 1.54) is 4.90 Å². The normalized spacial score (nSPS) is 34.8. The third-order valence-corrected chi connectivity index (χ3v) is 8.39. The van der Waals surface area contributed by atoms with E-state index in [9.17, 15) is 24.9 Å². The summed E-state index contributed by atoms with van der Waals surface area (Å²) in [6.07, 6.45) is 5.67. The van der Waals surface area contributed by atoms with Crippen LogP contribution in [0.3, 0.4) is 0 Å². The Kier molecular flexibility index (Phi) is 13.7. The van der Waals surface area contributed by atoms with Gasteiger partial charge in [-0.3, -0.25) is 4.79 Å². The summed E-state index contributed by atoms with van der Waals surface area (Å²) in [7, 11) is 4.80. The van der Waals surface area contributed by atoms with Gasteiger partial charge in [0.25, 0.3) is 0 Å². The molecular weight excluding hydrogens is 542 g/mol. The van der Waals surface area contributed by atoms with Crippen LogP contribution < -0.4 is 0 Å². The van der Waals surface area contributed by atoms with Gasteiger partial charge in [0.1, 0.15) is 17.8 Å². The number of hydrogen-bond donors (Lipinski definition) is 3. The van der Waals surface area contributed by atoms with Crippen LogP contribution in [0.4, 0.5) is 4.79 Å². The van der Waals surface area contributed by atoms with E-state index in [4.69, 9.17) is 18.9 Å². The molecule has 1 amide bonds. The number of cyclic esters (lactones) is 1. The molecule has 0 aliphatic carbocycles. The summed E-state index contributed by atoms with van der Waals surface area (Å²) in [6, 6.07) is 0. The lowest BCUT2D eigenvalue weighted by molar-refractivity contribution is -0.151. The maximum absolute atomic E-state index is 12.7. The second-order valence-electron chi connectivity index (χ2n) is 12.4. The average Bonchev–Trinajstić information content (AvgIpc) is 3.73. The summed E-state index contributed by atoms with van der Waals surface area (Å²) in [4.78, 5) is 26.3. The zero-order chi connectivity index (χ0) is 31.8. The van der Waals surface area contributed by atoms with E-state index in [1.807, 2.05) is 39.0 Å². The van der Waals surface area contributed by atoms with Crippen LogP contribution >= 0.6 is 0 Å². The number of aliphatic hydroxyl groups is 3. The summed E-state index contributed by atoms with van der Waals surface area (Å²) >= 11 is 0. The van der Waals surface area contributed by atoms with Gasteiger partial charge < -0.3 is 39.2 Å². The third-order valence-electron chi connectivity index (χ3n) is 8.39. The number of carbonyl (C=O) groups excluding carboxylic acids is 2. The fourth-order valence-corrected chi connectivity index (χ4v) is 5.35. The first kappa shape index (κ1) is 36.0. The Morgan fingerprint density at radius 2 is 1.93 bits per heavy atom. The molecule has 11 atom stereocenters. The minimum absolute atomic E-state index is 0.0433. The van der Waals surface area contributed by atoms with Gasteiger partial charge in [-0.05, 0) is 44.8 Å². The Hall–Kier alpha value is -2.24. The van der Waals surface area contributed by atoms with Crippen molar-refractivity contribution in [2.45, 2.75) is 116 Å². The third kappa shape index (κ3) is 10.2. The molecule has 11 unspecified atom stereocenters. The van der Waals surface area contributed by atoms with Gasteiger partial charge in [-0.2, -0.15) is 0 Å². The van der Waals surface area contributed by atoms with E-state index in [2.05, 4.69) is 13.8 Å². The van der Waals surface area contributed by atoms with Crippen LogP contribution in [0.15, 0.2) is 36.0 Å². The molecule has 0 radical (unpaired) electrons. The van der Waals surface area contributed by atoms with Crippen LogP contribution in [0.2, 0.25) is 0 Å². The van der Waals surface area contributed by atoms with Crippen LogP contribution in [0, 0.1) is 17.8 Å². The standard InChI is InChI=1S/C32H53NO9/c1-10-24(39-9)22(5)29-30(42-29)27(36)19(2)12-11-13-20(3)28-21(4)14-15-25(40-31(37)33(7)8)32(6,38)17-16-23(34)18-26(35)41-28/h11-15,19,21-25,27-30,34,36,38H,10,16-18H2,1-9H3/b12-11+,15-14+,20-13+. The maximum Gasteiger partial charge on any atom is 0.409 e. The van der Waals surface area contributed by atoms with Crippen LogP contribution in [0.25, 0.3) is 0 Å². The van der Waals surface area contributed by atoms with Gasteiger partial charge in [-0.25, -0.2) is 4.79 Å². The van der Waals surface area contributed by atoms with Gasteiger partial charge in [-0.1, -0.05) is 52.0 Å². The Labute approximate surface area is 251 Å². The van der Waals surface area contributed by atoms with Crippen molar-refractivity contribution in [2.75, 3.05) is 21.2 Å². The van der Waals surface area contributed by atoms with Crippen molar-refractivity contribution in [3.05, 3.63) is 36.0 Å². The predicted octanol–water partition coefficient (Wildman–Crippen LogP) is 3.78. The minimum atomic E-state index is -1.46.